The number of carbonyl (C=O) groups is 1. The number of rotatable bonds is 2. The lowest BCUT2D eigenvalue weighted by molar-refractivity contribution is 0.0568. The Bertz CT molecular complexity index is 433. The number of nitrogens with zero attached hydrogens (tertiary/aromatic N) is 1. The monoisotopic (exact) mass is 260 g/mol. The molecule has 0 aliphatic carbocycles. The van der Waals surface area contributed by atoms with Crippen LogP contribution in [0.1, 0.15) is 27.2 Å². The highest BCUT2D eigenvalue weighted by Gasteiger charge is 2.24. The lowest BCUT2D eigenvalue weighted by Gasteiger charge is -2.22. The van der Waals surface area contributed by atoms with Gasteiger partial charge in [-0.3, -0.25) is 0 Å². The van der Waals surface area contributed by atoms with Crippen molar-refractivity contribution >= 4 is 16.3 Å². The third-order valence-electron chi connectivity index (χ3n) is 1.67. The maximum absolute atomic E-state index is 11.7. The molecule has 0 aromatic carbocycles. The van der Waals surface area contributed by atoms with Crippen LogP contribution in [0.15, 0.2) is 24.6 Å². The van der Waals surface area contributed by atoms with Crippen LogP contribution < -0.4 is 4.72 Å². The summed E-state index contributed by atoms with van der Waals surface area (Å²) in [6.45, 7) is 4.96. The van der Waals surface area contributed by atoms with E-state index in [0.717, 1.165) is 4.31 Å². The lowest BCUT2D eigenvalue weighted by Crippen LogP contribution is -2.41. The summed E-state index contributed by atoms with van der Waals surface area (Å²) in [6, 6.07) is 0. The molecule has 1 heterocycles. The van der Waals surface area contributed by atoms with Gasteiger partial charge in [0, 0.05) is 12.4 Å². The number of carbonyl (C=O) groups excluding carboxylic acids is 1. The van der Waals surface area contributed by atoms with Gasteiger partial charge in [0.05, 0.1) is 0 Å². The molecule has 0 unspecified atom stereocenters. The molecule has 0 aromatic heterocycles. The molecule has 17 heavy (non-hydrogen) atoms. The average molecular weight is 260 g/mol. The second-order valence-electron chi connectivity index (χ2n) is 4.44. The van der Waals surface area contributed by atoms with Gasteiger partial charge in [-0.25, -0.2) is 13.8 Å². The van der Waals surface area contributed by atoms with Crippen LogP contribution in [-0.2, 0) is 14.9 Å². The molecule has 1 N–H and O–H groups in total. The number of amides is 1. The van der Waals surface area contributed by atoms with Gasteiger partial charge < -0.3 is 4.74 Å². The zero-order chi connectivity index (χ0) is 13.1. The zero-order valence-corrected chi connectivity index (χ0v) is 10.8. The number of hydrogen-bond acceptors (Lipinski definition) is 4. The van der Waals surface area contributed by atoms with E-state index < -0.39 is 21.9 Å². The topological polar surface area (TPSA) is 75.7 Å². The summed E-state index contributed by atoms with van der Waals surface area (Å²) in [6.07, 6.45) is 5.73. The second kappa shape index (κ2) is 4.79. The van der Waals surface area contributed by atoms with Gasteiger partial charge in [0.15, 0.2) is 0 Å². The molecule has 0 aromatic rings. The van der Waals surface area contributed by atoms with E-state index in [4.69, 9.17) is 4.74 Å². The molecule has 1 amide bonds. The van der Waals surface area contributed by atoms with Gasteiger partial charge in [-0.15, -0.1) is 0 Å². The molecular formula is C10H16N2O4S. The third-order valence-corrected chi connectivity index (χ3v) is 2.89. The Morgan fingerprint density at radius 2 is 1.82 bits per heavy atom. The first kappa shape index (κ1) is 13.6. The molecule has 6 nitrogen and oxygen atoms in total. The fraction of sp³-hybridized carbons (Fsp3) is 0.500. The first-order chi connectivity index (χ1) is 7.71. The average Bonchev–Trinajstić information content (AvgIpc) is 2.15. The number of ether oxygens (including phenoxy) is 1. The van der Waals surface area contributed by atoms with Crippen LogP contribution in [-0.4, -0.2) is 24.4 Å². The molecule has 1 aliphatic heterocycles. The largest absolute Gasteiger partial charge is 0.443 e. The molecular weight excluding hydrogens is 244 g/mol. The number of nitrogens with one attached hydrogen (secondary N) is 1. The van der Waals surface area contributed by atoms with Crippen molar-refractivity contribution in [3.63, 3.8) is 0 Å². The Morgan fingerprint density at radius 3 is 2.29 bits per heavy atom. The quantitative estimate of drug-likeness (QED) is 0.816. The molecule has 1 rings (SSSR count). The maximum atomic E-state index is 11.7. The van der Waals surface area contributed by atoms with E-state index in [0.29, 0.717) is 6.42 Å². The zero-order valence-electron chi connectivity index (χ0n) is 10.0. The summed E-state index contributed by atoms with van der Waals surface area (Å²) in [5, 5.41) is 0. The smallest absolute Gasteiger partial charge is 0.422 e. The van der Waals surface area contributed by atoms with Crippen LogP contribution >= 0.6 is 0 Å². The fourth-order valence-electron chi connectivity index (χ4n) is 1.07. The van der Waals surface area contributed by atoms with Crippen molar-refractivity contribution in [3.8, 4) is 0 Å². The molecule has 0 radical (unpaired) electrons. The van der Waals surface area contributed by atoms with Crippen molar-refractivity contribution < 1.29 is 17.9 Å². The highest BCUT2D eigenvalue weighted by Crippen LogP contribution is 2.10. The van der Waals surface area contributed by atoms with Crippen molar-refractivity contribution in [3.05, 3.63) is 24.6 Å². The van der Waals surface area contributed by atoms with E-state index >= 15 is 0 Å². The predicted molar refractivity (Wildman–Crippen MR) is 63.0 cm³/mol. The first-order valence-corrected chi connectivity index (χ1v) is 6.52. The highest BCUT2D eigenvalue weighted by molar-refractivity contribution is 7.87. The van der Waals surface area contributed by atoms with E-state index in [1.807, 2.05) is 4.72 Å². The van der Waals surface area contributed by atoms with E-state index in [-0.39, 0.29) is 0 Å². The van der Waals surface area contributed by atoms with Crippen LogP contribution in [0.4, 0.5) is 4.79 Å². The summed E-state index contributed by atoms with van der Waals surface area (Å²) < 4.78 is 31.0. The third kappa shape index (κ3) is 4.48. The summed E-state index contributed by atoms with van der Waals surface area (Å²) in [7, 11) is -3.92. The first-order valence-electron chi connectivity index (χ1n) is 5.08. The van der Waals surface area contributed by atoms with Crippen molar-refractivity contribution in [2.24, 2.45) is 0 Å². The molecule has 0 saturated heterocycles. The molecule has 0 saturated carbocycles. The Kier molecular flexibility index (Phi) is 3.82. The van der Waals surface area contributed by atoms with Crippen LogP contribution in [0, 0.1) is 0 Å². The molecule has 0 spiro atoms. The number of hydrogen-bond donors (Lipinski definition) is 1. The lowest BCUT2D eigenvalue weighted by atomic mass is 10.2. The van der Waals surface area contributed by atoms with Crippen molar-refractivity contribution in [1.82, 2.24) is 9.03 Å². The maximum Gasteiger partial charge on any atom is 0.422 e. The van der Waals surface area contributed by atoms with Crippen molar-refractivity contribution in [1.29, 1.82) is 0 Å². The summed E-state index contributed by atoms with van der Waals surface area (Å²) in [5.74, 6) is 0. The van der Waals surface area contributed by atoms with Gasteiger partial charge in [0.1, 0.15) is 5.60 Å². The fourth-order valence-corrected chi connectivity index (χ4v) is 1.93. The molecule has 0 fully saturated rings. The number of allylic oxidation sites excluding steroid dienone is 2. The van der Waals surface area contributed by atoms with Crippen LogP contribution in [0.5, 0.6) is 0 Å². The van der Waals surface area contributed by atoms with Gasteiger partial charge in [-0.05, 0) is 27.2 Å². The Morgan fingerprint density at radius 1 is 1.29 bits per heavy atom. The highest BCUT2D eigenvalue weighted by atomic mass is 32.2. The van der Waals surface area contributed by atoms with E-state index in [1.165, 1.54) is 12.4 Å². The summed E-state index contributed by atoms with van der Waals surface area (Å²) >= 11 is 0. The van der Waals surface area contributed by atoms with Crippen LogP contribution in [0.25, 0.3) is 0 Å². The minimum atomic E-state index is -3.92. The van der Waals surface area contributed by atoms with Gasteiger partial charge in [0.2, 0.25) is 0 Å². The van der Waals surface area contributed by atoms with Gasteiger partial charge >= 0.3 is 16.3 Å². The van der Waals surface area contributed by atoms with Gasteiger partial charge in [-0.1, -0.05) is 12.2 Å². The summed E-state index contributed by atoms with van der Waals surface area (Å²) in [4.78, 5) is 11.3. The van der Waals surface area contributed by atoms with Crippen LogP contribution in [0.2, 0.25) is 0 Å². The Labute approximate surface area is 101 Å². The van der Waals surface area contributed by atoms with E-state index in [9.17, 15) is 13.2 Å². The van der Waals surface area contributed by atoms with Crippen LogP contribution in [0.3, 0.4) is 0 Å². The standard InChI is InChI=1S/C10H16N2O4S/c1-10(2,3)16-9(13)11-17(14,15)12-7-5-4-6-8-12/h5-8H,4H2,1-3H3,(H,11,13). The molecule has 96 valence electrons. The minimum Gasteiger partial charge on any atom is -0.443 e. The molecule has 0 bridgehead atoms. The minimum absolute atomic E-state index is 0.665. The molecule has 0 atom stereocenters. The summed E-state index contributed by atoms with van der Waals surface area (Å²) in [5.41, 5.74) is -0.743. The predicted octanol–water partition coefficient (Wildman–Crippen LogP) is 1.49. The SMILES string of the molecule is CC(C)(C)OC(=O)NS(=O)(=O)N1C=CCC=C1. The van der Waals surface area contributed by atoms with Gasteiger partial charge in [-0.2, -0.15) is 8.42 Å². The van der Waals surface area contributed by atoms with Gasteiger partial charge in [0.25, 0.3) is 0 Å². The molecule has 1 aliphatic rings. The second-order valence-corrected chi connectivity index (χ2v) is 6.02. The molecule has 7 heteroatoms. The normalized spacial score (nSPS) is 15.8. The van der Waals surface area contributed by atoms with E-state index in [2.05, 4.69) is 0 Å². The van der Waals surface area contributed by atoms with Crippen molar-refractivity contribution in [2.75, 3.05) is 0 Å². The van der Waals surface area contributed by atoms with Crippen molar-refractivity contribution in [2.45, 2.75) is 32.8 Å². The van der Waals surface area contributed by atoms with E-state index in [1.54, 1.807) is 32.9 Å². The Balaban J connectivity index is 2.67. The Hall–Kier alpha value is -1.50.